The predicted octanol–water partition coefficient (Wildman–Crippen LogP) is 2.32. The molecule has 16 heavy (non-hydrogen) atoms. The third kappa shape index (κ3) is 3.30. The quantitative estimate of drug-likeness (QED) is 0.769. The smallest absolute Gasteiger partial charge is 0.359 e. The Kier molecular flexibility index (Phi) is 3.64. The van der Waals surface area contributed by atoms with Crippen molar-refractivity contribution in [2.45, 2.75) is 0 Å². The molecule has 1 aromatic carbocycles. The summed E-state index contributed by atoms with van der Waals surface area (Å²) in [4.78, 5) is 1.83. The van der Waals surface area contributed by atoms with Crippen LogP contribution < -0.4 is 4.90 Å². The zero-order valence-corrected chi connectivity index (χ0v) is 9.63. The first-order valence-electron chi connectivity index (χ1n) is 4.40. The van der Waals surface area contributed by atoms with E-state index < -0.39 is 15.4 Å². The zero-order chi connectivity index (χ0) is 12.3. The van der Waals surface area contributed by atoms with Gasteiger partial charge >= 0.3 is 10.2 Å². The molecule has 0 saturated heterocycles. The van der Waals surface area contributed by atoms with Crippen LogP contribution in [0.1, 0.15) is 5.56 Å². The molecule has 0 aliphatic carbocycles. The highest BCUT2D eigenvalue weighted by molar-refractivity contribution is 7.90. The van der Waals surface area contributed by atoms with Crippen LogP contribution >= 0.6 is 0 Å². The molecule has 0 heterocycles. The Hall–Kier alpha value is -1.43. The number of hydrogen-bond acceptors (Lipinski definition) is 3. The van der Waals surface area contributed by atoms with Gasteiger partial charge in [0.1, 0.15) is 0 Å². The van der Waals surface area contributed by atoms with E-state index >= 15 is 0 Å². The van der Waals surface area contributed by atoms with Crippen LogP contribution in [0.5, 0.6) is 0 Å². The summed E-state index contributed by atoms with van der Waals surface area (Å²) in [6.07, 6.45) is 0.634. The van der Waals surface area contributed by atoms with Crippen LogP contribution in [0.4, 0.5) is 14.0 Å². The molecule has 0 spiro atoms. The fourth-order valence-corrected chi connectivity index (χ4v) is 1.35. The molecule has 1 rings (SSSR count). The van der Waals surface area contributed by atoms with E-state index in [1.165, 1.54) is 12.1 Å². The van der Waals surface area contributed by atoms with Crippen molar-refractivity contribution in [3.63, 3.8) is 0 Å². The predicted molar refractivity (Wildman–Crippen MR) is 59.9 cm³/mol. The van der Waals surface area contributed by atoms with E-state index in [0.29, 0.717) is 6.08 Å². The topological polar surface area (TPSA) is 37.4 Å². The third-order valence-electron chi connectivity index (χ3n) is 1.92. The second-order valence-corrected chi connectivity index (χ2v) is 4.64. The normalized spacial score (nSPS) is 12.6. The van der Waals surface area contributed by atoms with Gasteiger partial charge in [-0.3, -0.25) is 0 Å². The molecule has 1 aromatic rings. The van der Waals surface area contributed by atoms with Crippen molar-refractivity contribution < 1.29 is 16.7 Å². The van der Waals surface area contributed by atoms with E-state index in [1.807, 2.05) is 19.0 Å². The molecule has 0 unspecified atom stereocenters. The summed E-state index contributed by atoms with van der Waals surface area (Å²) in [5.41, 5.74) is 1.16. The van der Waals surface area contributed by atoms with Crippen molar-refractivity contribution in [2.24, 2.45) is 0 Å². The van der Waals surface area contributed by atoms with E-state index in [2.05, 4.69) is 0 Å². The maximum absolute atomic E-state index is 12.7. The molecule has 0 aliphatic heterocycles. The number of nitrogens with zero attached hydrogens (tertiary/aromatic N) is 1. The van der Waals surface area contributed by atoms with E-state index in [9.17, 15) is 16.7 Å². The van der Waals surface area contributed by atoms with E-state index in [-0.39, 0.29) is 5.56 Å². The molecular formula is C10H11F2NO2S. The minimum atomic E-state index is -5.24. The Bertz CT molecular complexity index is 492. The molecule has 0 atom stereocenters. The monoisotopic (exact) mass is 247 g/mol. The number of benzene rings is 1. The molecule has 0 aromatic heterocycles. The van der Waals surface area contributed by atoms with Gasteiger partial charge in [0, 0.05) is 19.8 Å². The average molecular weight is 247 g/mol. The van der Waals surface area contributed by atoms with Gasteiger partial charge in [-0.15, -0.1) is 0 Å². The lowest BCUT2D eigenvalue weighted by Gasteiger charge is -2.11. The first-order valence-corrected chi connectivity index (χ1v) is 5.78. The molecule has 88 valence electrons. The zero-order valence-electron chi connectivity index (χ0n) is 8.81. The van der Waals surface area contributed by atoms with Gasteiger partial charge in [0.2, 0.25) is 5.16 Å². The number of anilines is 1. The minimum absolute atomic E-state index is 0.282. The molecule has 0 saturated carbocycles. The van der Waals surface area contributed by atoms with Gasteiger partial charge in [0.25, 0.3) is 0 Å². The average Bonchev–Trinajstić information content (AvgIpc) is 2.17. The first-order chi connectivity index (χ1) is 7.30. The largest absolute Gasteiger partial charge is 0.378 e. The molecule has 0 N–H and O–H groups in total. The Morgan fingerprint density at radius 3 is 2.12 bits per heavy atom. The van der Waals surface area contributed by atoms with Gasteiger partial charge in [-0.1, -0.05) is 16.0 Å². The maximum Gasteiger partial charge on any atom is 0.359 e. The Balaban J connectivity index is 3.01. The Morgan fingerprint density at radius 2 is 1.75 bits per heavy atom. The highest BCUT2D eigenvalue weighted by atomic mass is 32.3. The lowest BCUT2D eigenvalue weighted by Crippen LogP contribution is -2.07. The summed E-state index contributed by atoms with van der Waals surface area (Å²) >= 11 is 0. The summed E-state index contributed by atoms with van der Waals surface area (Å²) in [6, 6.07) is 6.34. The summed E-state index contributed by atoms with van der Waals surface area (Å²) in [5.74, 6) is 0. The second-order valence-electron chi connectivity index (χ2n) is 3.37. The fraction of sp³-hybridized carbons (Fsp3) is 0.200. The summed E-state index contributed by atoms with van der Waals surface area (Å²) in [7, 11) is -1.58. The SMILES string of the molecule is CN(C)c1ccc(/C=C(/F)S(=O)(=O)F)cc1. The standard InChI is InChI=1S/C10H11F2NO2S/c1-13(2)9-5-3-8(4-6-9)7-10(11)16(12,14)15/h3-7H,1-2H3/b10-7-. The van der Waals surface area contributed by atoms with Crippen molar-refractivity contribution in [3.05, 3.63) is 35.0 Å². The number of hydrogen-bond donors (Lipinski definition) is 0. The van der Waals surface area contributed by atoms with Gasteiger partial charge in [-0.05, 0) is 23.8 Å². The van der Waals surface area contributed by atoms with Crippen LogP contribution in [0.25, 0.3) is 6.08 Å². The number of halogens is 2. The third-order valence-corrected chi connectivity index (χ3v) is 2.51. The molecule has 0 amide bonds. The highest BCUT2D eigenvalue weighted by Crippen LogP contribution is 2.18. The van der Waals surface area contributed by atoms with Gasteiger partial charge in [0.15, 0.2) is 0 Å². The second kappa shape index (κ2) is 4.61. The van der Waals surface area contributed by atoms with E-state index in [1.54, 1.807) is 12.1 Å². The van der Waals surface area contributed by atoms with E-state index in [4.69, 9.17) is 0 Å². The van der Waals surface area contributed by atoms with Crippen molar-refractivity contribution >= 4 is 22.0 Å². The van der Waals surface area contributed by atoms with E-state index in [0.717, 1.165) is 5.69 Å². The summed E-state index contributed by atoms with van der Waals surface area (Å²) < 4.78 is 45.3. The van der Waals surface area contributed by atoms with Crippen molar-refractivity contribution in [2.75, 3.05) is 19.0 Å². The Morgan fingerprint density at radius 1 is 1.25 bits per heavy atom. The summed E-state index contributed by atoms with van der Waals surface area (Å²) in [6.45, 7) is 0. The van der Waals surface area contributed by atoms with Crippen LogP contribution in [0, 0.1) is 0 Å². The van der Waals surface area contributed by atoms with Crippen LogP contribution in [-0.2, 0) is 10.2 Å². The summed E-state index contributed by atoms with van der Waals surface area (Å²) in [5, 5.41) is -1.79. The molecule has 0 radical (unpaired) electrons. The lowest BCUT2D eigenvalue weighted by atomic mass is 10.2. The first kappa shape index (κ1) is 12.6. The van der Waals surface area contributed by atoms with Crippen LogP contribution in [-0.4, -0.2) is 22.5 Å². The molecule has 0 aliphatic rings. The van der Waals surface area contributed by atoms with Gasteiger partial charge in [0.05, 0.1) is 0 Å². The Labute approximate surface area is 93.2 Å². The van der Waals surface area contributed by atoms with Crippen LogP contribution in [0.3, 0.4) is 0 Å². The van der Waals surface area contributed by atoms with Crippen molar-refractivity contribution in [3.8, 4) is 0 Å². The number of rotatable bonds is 3. The van der Waals surface area contributed by atoms with Crippen LogP contribution in [0.15, 0.2) is 29.4 Å². The van der Waals surface area contributed by atoms with Gasteiger partial charge < -0.3 is 4.90 Å². The minimum Gasteiger partial charge on any atom is -0.378 e. The van der Waals surface area contributed by atoms with Crippen molar-refractivity contribution in [1.82, 2.24) is 0 Å². The van der Waals surface area contributed by atoms with Gasteiger partial charge in [-0.25, -0.2) is 0 Å². The molecule has 0 bridgehead atoms. The maximum atomic E-state index is 12.7. The van der Waals surface area contributed by atoms with Crippen LogP contribution in [0.2, 0.25) is 0 Å². The molecule has 0 fully saturated rings. The lowest BCUT2D eigenvalue weighted by molar-refractivity contribution is 0.538. The highest BCUT2D eigenvalue weighted by Gasteiger charge is 2.14. The fourth-order valence-electron chi connectivity index (χ4n) is 1.07. The molecule has 6 heteroatoms. The molecule has 3 nitrogen and oxygen atoms in total. The molecular weight excluding hydrogens is 236 g/mol. The van der Waals surface area contributed by atoms with Crippen molar-refractivity contribution in [1.29, 1.82) is 0 Å². The van der Waals surface area contributed by atoms with Gasteiger partial charge in [-0.2, -0.15) is 12.8 Å².